The molecule has 2 N–H and O–H groups in total. The van der Waals surface area contributed by atoms with Crippen LogP contribution < -0.4 is 10.0 Å². The molecule has 0 aromatic heterocycles. The lowest BCUT2D eigenvalue weighted by Crippen LogP contribution is -2.44. The number of nitro benzene ring substituents is 1. The van der Waals surface area contributed by atoms with Crippen LogP contribution in [0.1, 0.15) is 24.0 Å². The summed E-state index contributed by atoms with van der Waals surface area (Å²) in [5, 5.41) is 14.7. The Labute approximate surface area is 187 Å². The molecule has 1 fully saturated rings. The average Bonchev–Trinajstić information content (AvgIpc) is 2.69. The Hall–Kier alpha value is -2.70. The van der Waals surface area contributed by atoms with E-state index in [9.17, 15) is 26.9 Å². The van der Waals surface area contributed by atoms with Gasteiger partial charge in [0.05, 0.1) is 21.8 Å². The van der Waals surface area contributed by atoms with Crippen LogP contribution >= 0.6 is 0 Å². The van der Waals surface area contributed by atoms with E-state index in [4.69, 9.17) is 0 Å². The Bertz CT molecular complexity index is 1240. The molecule has 0 aliphatic carbocycles. The summed E-state index contributed by atoms with van der Waals surface area (Å²) in [6.07, 6.45) is 2.38. The first kappa shape index (κ1) is 24.0. The van der Waals surface area contributed by atoms with Gasteiger partial charge in [-0.2, -0.15) is 0 Å². The minimum absolute atomic E-state index is 0.140. The molecule has 174 valence electrons. The average molecular weight is 483 g/mol. The summed E-state index contributed by atoms with van der Waals surface area (Å²) >= 11 is 0. The van der Waals surface area contributed by atoms with Crippen molar-refractivity contribution < 1.29 is 21.8 Å². The molecule has 1 aliphatic rings. The van der Waals surface area contributed by atoms with Gasteiger partial charge < -0.3 is 5.32 Å². The third kappa shape index (κ3) is 5.56. The van der Waals surface area contributed by atoms with Crippen LogP contribution in [0.15, 0.2) is 41.3 Å². The molecule has 0 amide bonds. The molecular formula is C20H26N4O6S2. The summed E-state index contributed by atoms with van der Waals surface area (Å²) in [6, 6.07) is 8.55. The van der Waals surface area contributed by atoms with E-state index in [1.165, 1.54) is 16.4 Å². The molecule has 1 heterocycles. The van der Waals surface area contributed by atoms with Crippen LogP contribution in [0.2, 0.25) is 0 Å². The van der Waals surface area contributed by atoms with Gasteiger partial charge in [0.25, 0.3) is 15.7 Å². The van der Waals surface area contributed by atoms with Crippen LogP contribution in [-0.4, -0.2) is 51.5 Å². The van der Waals surface area contributed by atoms with E-state index in [0.717, 1.165) is 23.4 Å². The van der Waals surface area contributed by atoms with Crippen molar-refractivity contribution in [2.75, 3.05) is 29.4 Å². The normalized spacial score (nSPS) is 17.7. The van der Waals surface area contributed by atoms with Crippen LogP contribution in [0.25, 0.3) is 0 Å². The molecule has 0 bridgehead atoms. The van der Waals surface area contributed by atoms with E-state index in [1.54, 1.807) is 19.1 Å². The number of anilines is 2. The van der Waals surface area contributed by atoms with Gasteiger partial charge in [-0.05, 0) is 50.5 Å². The van der Waals surface area contributed by atoms with Crippen LogP contribution in [-0.2, 0) is 20.0 Å². The quantitative estimate of drug-likeness (QED) is 0.457. The Morgan fingerprint density at radius 3 is 2.38 bits per heavy atom. The van der Waals surface area contributed by atoms with Crippen LogP contribution in [0.5, 0.6) is 0 Å². The lowest BCUT2D eigenvalue weighted by atomic mass is 10.1. The highest BCUT2D eigenvalue weighted by molar-refractivity contribution is 7.92. The molecule has 1 unspecified atom stereocenters. The highest BCUT2D eigenvalue weighted by atomic mass is 32.2. The maximum Gasteiger partial charge on any atom is 0.293 e. The van der Waals surface area contributed by atoms with Crippen LogP contribution in [0.4, 0.5) is 17.1 Å². The molecule has 2 aromatic carbocycles. The highest BCUT2D eigenvalue weighted by Crippen LogP contribution is 2.31. The number of rotatable bonds is 7. The fraction of sp³-hybridized carbons (Fsp3) is 0.400. The number of benzene rings is 2. The standard InChI is InChI=1S/C20H26N4O6S2/c1-14-6-8-18(15(2)11-14)22-32(29,30)17-7-9-19(20(12-17)24(25)26)21-16-5-4-10-23(13-16)31(3,27)28/h6-9,11-12,16,21-22H,4-5,10,13H2,1-3H3. The number of sulfonamides is 2. The molecule has 0 saturated carbocycles. The van der Waals surface area contributed by atoms with Gasteiger partial charge in [0.1, 0.15) is 5.69 Å². The molecule has 10 nitrogen and oxygen atoms in total. The van der Waals surface area contributed by atoms with Crippen molar-refractivity contribution in [1.29, 1.82) is 0 Å². The molecule has 3 rings (SSSR count). The summed E-state index contributed by atoms with van der Waals surface area (Å²) in [4.78, 5) is 10.8. The number of hydrogen-bond donors (Lipinski definition) is 2. The topological polar surface area (TPSA) is 139 Å². The smallest absolute Gasteiger partial charge is 0.293 e. The van der Waals surface area contributed by atoms with E-state index in [-0.39, 0.29) is 23.2 Å². The first-order valence-corrected chi connectivity index (χ1v) is 13.3. The Kier molecular flexibility index (Phi) is 6.77. The lowest BCUT2D eigenvalue weighted by Gasteiger charge is -2.31. The maximum atomic E-state index is 12.8. The summed E-state index contributed by atoms with van der Waals surface area (Å²) in [6.45, 7) is 4.25. The summed E-state index contributed by atoms with van der Waals surface area (Å²) in [5.74, 6) is 0. The van der Waals surface area contributed by atoms with E-state index in [1.807, 2.05) is 13.0 Å². The third-order valence-electron chi connectivity index (χ3n) is 5.32. The first-order chi connectivity index (χ1) is 14.9. The molecule has 0 spiro atoms. The number of hydrogen-bond acceptors (Lipinski definition) is 7. The lowest BCUT2D eigenvalue weighted by molar-refractivity contribution is -0.384. The molecule has 12 heteroatoms. The van der Waals surface area contributed by atoms with Gasteiger partial charge in [-0.15, -0.1) is 0 Å². The van der Waals surface area contributed by atoms with Crippen molar-refractivity contribution in [3.63, 3.8) is 0 Å². The second-order valence-electron chi connectivity index (χ2n) is 7.96. The predicted octanol–water partition coefficient (Wildman–Crippen LogP) is 2.85. The van der Waals surface area contributed by atoms with Gasteiger partial charge in [-0.1, -0.05) is 17.7 Å². The second-order valence-corrected chi connectivity index (χ2v) is 11.6. The van der Waals surface area contributed by atoms with Gasteiger partial charge >= 0.3 is 0 Å². The van der Waals surface area contributed by atoms with Crippen molar-refractivity contribution in [3.8, 4) is 0 Å². The molecule has 32 heavy (non-hydrogen) atoms. The van der Waals surface area contributed by atoms with Gasteiger partial charge in [0.15, 0.2) is 0 Å². The van der Waals surface area contributed by atoms with Crippen molar-refractivity contribution >= 4 is 37.1 Å². The summed E-state index contributed by atoms with van der Waals surface area (Å²) < 4.78 is 53.1. The Morgan fingerprint density at radius 1 is 1.06 bits per heavy atom. The number of nitro groups is 1. The fourth-order valence-corrected chi connectivity index (χ4v) is 5.73. The van der Waals surface area contributed by atoms with Gasteiger partial charge in [0.2, 0.25) is 10.0 Å². The Balaban J connectivity index is 1.86. The largest absolute Gasteiger partial charge is 0.375 e. The molecule has 2 aromatic rings. The monoisotopic (exact) mass is 482 g/mol. The SMILES string of the molecule is Cc1ccc(NS(=O)(=O)c2ccc(NC3CCCN(S(C)(=O)=O)C3)c([N+](=O)[O-])c2)c(C)c1. The Morgan fingerprint density at radius 2 is 1.75 bits per heavy atom. The molecule has 1 atom stereocenters. The third-order valence-corrected chi connectivity index (χ3v) is 7.95. The van der Waals surface area contributed by atoms with Crippen molar-refractivity contribution in [3.05, 3.63) is 57.6 Å². The molecule has 1 aliphatic heterocycles. The maximum absolute atomic E-state index is 12.8. The van der Waals surface area contributed by atoms with Crippen molar-refractivity contribution in [1.82, 2.24) is 4.31 Å². The van der Waals surface area contributed by atoms with Gasteiger partial charge in [-0.25, -0.2) is 21.1 Å². The van der Waals surface area contributed by atoms with E-state index in [0.29, 0.717) is 25.1 Å². The van der Waals surface area contributed by atoms with Crippen molar-refractivity contribution in [2.24, 2.45) is 0 Å². The second kappa shape index (κ2) is 9.04. The van der Waals surface area contributed by atoms with Gasteiger partial charge in [-0.3, -0.25) is 14.8 Å². The number of nitrogens with one attached hydrogen (secondary N) is 2. The number of piperidine rings is 1. The zero-order chi connectivity index (χ0) is 23.7. The minimum atomic E-state index is -4.05. The summed E-state index contributed by atoms with van der Waals surface area (Å²) in [7, 11) is -7.42. The number of nitrogens with zero attached hydrogens (tertiary/aromatic N) is 2. The zero-order valence-electron chi connectivity index (χ0n) is 18.0. The highest BCUT2D eigenvalue weighted by Gasteiger charge is 2.28. The van der Waals surface area contributed by atoms with E-state index >= 15 is 0 Å². The zero-order valence-corrected chi connectivity index (χ0v) is 19.7. The predicted molar refractivity (Wildman–Crippen MR) is 123 cm³/mol. The van der Waals surface area contributed by atoms with Gasteiger partial charge in [0, 0.05) is 25.2 Å². The van der Waals surface area contributed by atoms with Crippen molar-refractivity contribution in [2.45, 2.75) is 37.6 Å². The summed E-state index contributed by atoms with van der Waals surface area (Å²) in [5.41, 5.74) is 1.84. The first-order valence-electron chi connectivity index (χ1n) is 9.97. The van der Waals surface area contributed by atoms with E-state index in [2.05, 4.69) is 10.0 Å². The number of aryl methyl sites for hydroxylation is 2. The van der Waals surface area contributed by atoms with E-state index < -0.39 is 30.7 Å². The fourth-order valence-electron chi connectivity index (χ4n) is 3.66. The molecular weight excluding hydrogens is 456 g/mol. The molecule has 0 radical (unpaired) electrons. The molecule has 1 saturated heterocycles. The minimum Gasteiger partial charge on any atom is -0.375 e. The van der Waals surface area contributed by atoms with Crippen LogP contribution in [0, 0.1) is 24.0 Å². The van der Waals surface area contributed by atoms with Crippen LogP contribution in [0.3, 0.4) is 0 Å².